The normalized spacial score (nSPS) is 26.2. The van der Waals surface area contributed by atoms with Crippen LogP contribution in [0.1, 0.15) is 46.5 Å². The zero-order valence-electron chi connectivity index (χ0n) is 13.5. The standard InChI is InChI=1S/C15H28N2O4/c1-11-5-7-15(8-6-11,12(18)19)9-16-13(20)17-14(2,3)10-21-4/h11H,5-10H2,1-4H3,(H,18,19)(H2,16,17,20). The summed E-state index contributed by atoms with van der Waals surface area (Å²) in [6, 6.07) is -0.351. The average molecular weight is 300 g/mol. The van der Waals surface area contributed by atoms with Crippen molar-refractivity contribution in [2.45, 2.75) is 52.0 Å². The molecule has 0 spiro atoms. The Bertz CT molecular complexity index is 374. The minimum Gasteiger partial charge on any atom is -0.481 e. The van der Waals surface area contributed by atoms with E-state index in [1.54, 1.807) is 7.11 Å². The van der Waals surface area contributed by atoms with Crippen LogP contribution in [0, 0.1) is 11.3 Å². The Kier molecular flexibility index (Phi) is 6.01. The number of amides is 2. The van der Waals surface area contributed by atoms with Crippen molar-refractivity contribution in [3.8, 4) is 0 Å². The molecular formula is C15H28N2O4. The van der Waals surface area contributed by atoms with Gasteiger partial charge in [-0.1, -0.05) is 6.92 Å². The van der Waals surface area contributed by atoms with Gasteiger partial charge in [0.2, 0.25) is 0 Å². The van der Waals surface area contributed by atoms with Crippen LogP contribution in [0.3, 0.4) is 0 Å². The second-order valence-corrected chi connectivity index (χ2v) is 6.89. The molecule has 1 rings (SSSR count). The summed E-state index contributed by atoms with van der Waals surface area (Å²) in [6.07, 6.45) is 3.02. The quantitative estimate of drug-likeness (QED) is 0.700. The zero-order valence-corrected chi connectivity index (χ0v) is 13.5. The molecule has 1 fully saturated rings. The third-order valence-corrected chi connectivity index (χ3v) is 4.23. The molecular weight excluding hydrogens is 272 g/mol. The first-order chi connectivity index (χ1) is 9.71. The van der Waals surface area contributed by atoms with Crippen molar-refractivity contribution in [1.29, 1.82) is 0 Å². The van der Waals surface area contributed by atoms with Crippen LogP contribution in [-0.4, -0.2) is 42.9 Å². The molecule has 21 heavy (non-hydrogen) atoms. The highest BCUT2D eigenvalue weighted by Crippen LogP contribution is 2.38. The monoisotopic (exact) mass is 300 g/mol. The van der Waals surface area contributed by atoms with Crippen molar-refractivity contribution >= 4 is 12.0 Å². The number of aliphatic carboxylic acids is 1. The van der Waals surface area contributed by atoms with Crippen molar-refractivity contribution in [3.05, 3.63) is 0 Å². The highest BCUT2D eigenvalue weighted by molar-refractivity contribution is 5.78. The van der Waals surface area contributed by atoms with Crippen molar-refractivity contribution < 1.29 is 19.4 Å². The van der Waals surface area contributed by atoms with E-state index in [0.29, 0.717) is 25.4 Å². The van der Waals surface area contributed by atoms with Gasteiger partial charge in [-0.2, -0.15) is 0 Å². The molecule has 2 amide bonds. The summed E-state index contributed by atoms with van der Waals surface area (Å²) in [5, 5.41) is 15.0. The van der Waals surface area contributed by atoms with Gasteiger partial charge in [-0.25, -0.2) is 4.79 Å². The number of carboxylic acid groups (broad SMARTS) is 1. The number of carboxylic acids is 1. The summed E-state index contributed by atoms with van der Waals surface area (Å²) in [6.45, 7) is 6.40. The molecule has 1 aliphatic rings. The lowest BCUT2D eigenvalue weighted by molar-refractivity contribution is -0.151. The van der Waals surface area contributed by atoms with Gasteiger partial charge in [-0.15, -0.1) is 0 Å². The number of hydrogen-bond acceptors (Lipinski definition) is 3. The van der Waals surface area contributed by atoms with Crippen LogP contribution in [0.2, 0.25) is 0 Å². The lowest BCUT2D eigenvalue weighted by atomic mass is 9.71. The van der Waals surface area contributed by atoms with E-state index >= 15 is 0 Å². The maximum absolute atomic E-state index is 11.9. The van der Waals surface area contributed by atoms with Crippen molar-refractivity contribution in [2.75, 3.05) is 20.3 Å². The van der Waals surface area contributed by atoms with Crippen molar-refractivity contribution in [3.63, 3.8) is 0 Å². The molecule has 3 N–H and O–H groups in total. The number of methoxy groups -OCH3 is 1. The fourth-order valence-corrected chi connectivity index (χ4v) is 2.78. The summed E-state index contributed by atoms with van der Waals surface area (Å²) >= 11 is 0. The van der Waals surface area contributed by atoms with E-state index in [4.69, 9.17) is 4.74 Å². The van der Waals surface area contributed by atoms with Gasteiger partial charge in [0.25, 0.3) is 0 Å². The number of hydrogen-bond donors (Lipinski definition) is 3. The minimum atomic E-state index is -0.824. The fourth-order valence-electron chi connectivity index (χ4n) is 2.78. The summed E-state index contributed by atoms with van der Waals surface area (Å²) < 4.78 is 5.04. The Balaban J connectivity index is 2.54. The van der Waals surface area contributed by atoms with Crippen LogP contribution in [0.5, 0.6) is 0 Å². The maximum atomic E-state index is 11.9. The van der Waals surface area contributed by atoms with Crippen LogP contribution >= 0.6 is 0 Å². The van der Waals surface area contributed by atoms with Crippen LogP contribution in [0.25, 0.3) is 0 Å². The summed E-state index contributed by atoms with van der Waals surface area (Å²) in [7, 11) is 1.57. The number of carbonyl (C=O) groups excluding carboxylic acids is 1. The summed E-state index contributed by atoms with van der Waals surface area (Å²) in [4.78, 5) is 23.5. The third-order valence-electron chi connectivity index (χ3n) is 4.23. The number of ether oxygens (including phenoxy) is 1. The minimum absolute atomic E-state index is 0.171. The molecule has 0 saturated heterocycles. The second kappa shape index (κ2) is 7.11. The topological polar surface area (TPSA) is 87.7 Å². The Morgan fingerprint density at radius 2 is 1.90 bits per heavy atom. The van der Waals surface area contributed by atoms with Gasteiger partial charge < -0.3 is 20.5 Å². The van der Waals surface area contributed by atoms with E-state index in [-0.39, 0.29) is 12.6 Å². The smallest absolute Gasteiger partial charge is 0.315 e. The fraction of sp³-hybridized carbons (Fsp3) is 0.867. The number of nitrogens with one attached hydrogen (secondary N) is 2. The van der Waals surface area contributed by atoms with Gasteiger partial charge >= 0.3 is 12.0 Å². The molecule has 1 saturated carbocycles. The molecule has 0 aromatic heterocycles. The maximum Gasteiger partial charge on any atom is 0.315 e. The Morgan fingerprint density at radius 1 is 1.33 bits per heavy atom. The Hall–Kier alpha value is -1.30. The highest BCUT2D eigenvalue weighted by atomic mass is 16.5. The first-order valence-corrected chi connectivity index (χ1v) is 7.49. The van der Waals surface area contributed by atoms with Crippen molar-refractivity contribution in [1.82, 2.24) is 10.6 Å². The van der Waals surface area contributed by atoms with Gasteiger partial charge in [0.05, 0.1) is 17.6 Å². The first-order valence-electron chi connectivity index (χ1n) is 7.49. The SMILES string of the molecule is COCC(C)(C)NC(=O)NCC1(C(=O)O)CCC(C)CC1. The van der Waals surface area contributed by atoms with E-state index < -0.39 is 16.9 Å². The number of urea groups is 1. The Morgan fingerprint density at radius 3 is 2.38 bits per heavy atom. The molecule has 0 aliphatic heterocycles. The lowest BCUT2D eigenvalue weighted by Gasteiger charge is -2.36. The third kappa shape index (κ3) is 5.19. The number of rotatable bonds is 6. The molecule has 0 aromatic carbocycles. The van der Waals surface area contributed by atoms with E-state index in [1.807, 2.05) is 13.8 Å². The first kappa shape index (κ1) is 17.8. The molecule has 0 bridgehead atoms. The lowest BCUT2D eigenvalue weighted by Crippen LogP contribution is -2.54. The summed E-state index contributed by atoms with van der Waals surface area (Å²) in [5.74, 6) is -0.252. The predicted molar refractivity (Wildman–Crippen MR) is 80.2 cm³/mol. The molecule has 122 valence electrons. The van der Waals surface area contributed by atoms with E-state index in [0.717, 1.165) is 12.8 Å². The van der Waals surface area contributed by atoms with Gasteiger partial charge in [-0.05, 0) is 45.4 Å². The van der Waals surface area contributed by atoms with Gasteiger partial charge in [0.1, 0.15) is 0 Å². The zero-order chi connectivity index (χ0) is 16.1. The van der Waals surface area contributed by atoms with Crippen LogP contribution in [0.4, 0.5) is 4.79 Å². The van der Waals surface area contributed by atoms with E-state index in [9.17, 15) is 14.7 Å². The van der Waals surface area contributed by atoms with Gasteiger partial charge in [-0.3, -0.25) is 4.79 Å². The van der Waals surface area contributed by atoms with Gasteiger partial charge in [0, 0.05) is 13.7 Å². The predicted octanol–water partition coefficient (Wildman–Crippen LogP) is 1.99. The van der Waals surface area contributed by atoms with Crippen LogP contribution in [0.15, 0.2) is 0 Å². The molecule has 6 heteroatoms. The van der Waals surface area contributed by atoms with Crippen LogP contribution < -0.4 is 10.6 Å². The highest BCUT2D eigenvalue weighted by Gasteiger charge is 2.41. The Labute approximate surface area is 126 Å². The molecule has 1 aliphatic carbocycles. The van der Waals surface area contributed by atoms with E-state index in [2.05, 4.69) is 17.6 Å². The molecule has 0 heterocycles. The second-order valence-electron chi connectivity index (χ2n) is 6.89. The number of carbonyl (C=O) groups is 2. The summed E-state index contributed by atoms with van der Waals surface area (Å²) in [5.41, 5.74) is -1.31. The van der Waals surface area contributed by atoms with Crippen molar-refractivity contribution in [2.24, 2.45) is 11.3 Å². The molecule has 0 radical (unpaired) electrons. The van der Waals surface area contributed by atoms with E-state index in [1.165, 1.54) is 0 Å². The van der Waals surface area contributed by atoms with Crippen LogP contribution in [-0.2, 0) is 9.53 Å². The molecule has 0 atom stereocenters. The molecule has 6 nitrogen and oxygen atoms in total. The molecule has 0 aromatic rings. The molecule has 0 unspecified atom stereocenters. The average Bonchev–Trinajstić information content (AvgIpc) is 2.37. The van der Waals surface area contributed by atoms with Gasteiger partial charge in [0.15, 0.2) is 0 Å². The largest absolute Gasteiger partial charge is 0.481 e.